The van der Waals surface area contributed by atoms with Crippen LogP contribution in [0.5, 0.6) is 11.5 Å². The Hall–Kier alpha value is -2.76. The summed E-state index contributed by atoms with van der Waals surface area (Å²) in [5.41, 5.74) is 2.21. The van der Waals surface area contributed by atoms with Crippen molar-refractivity contribution in [3.8, 4) is 11.5 Å². The third kappa shape index (κ3) is 4.23. The molecule has 3 heteroatoms. The Morgan fingerprint density at radius 2 is 1.18 bits per heavy atom. The fraction of sp³-hybridized carbons (Fsp3) is 0.0968. The van der Waals surface area contributed by atoms with Crippen LogP contribution >= 0.6 is 7.92 Å². The summed E-state index contributed by atoms with van der Waals surface area (Å²) in [6.07, 6.45) is 5.71. The predicted octanol–water partition coefficient (Wildman–Crippen LogP) is 6.99. The van der Waals surface area contributed by atoms with E-state index in [1.807, 2.05) is 18.2 Å². The predicted molar refractivity (Wildman–Crippen MR) is 142 cm³/mol. The first-order valence-electron chi connectivity index (χ1n) is 11.3. The van der Waals surface area contributed by atoms with Gasteiger partial charge in [0.2, 0.25) is 0 Å². The van der Waals surface area contributed by atoms with E-state index in [4.69, 9.17) is 4.74 Å². The van der Waals surface area contributed by atoms with Crippen LogP contribution in [0.1, 0.15) is 24.0 Å². The number of hydrogen-bond donors (Lipinski definition) is 0. The third-order valence-corrected chi connectivity index (χ3v) is 8.84. The first-order chi connectivity index (χ1) is 16.3. The molecule has 1 nitrogen and oxygen atoms in total. The average Bonchev–Trinajstić information content (AvgIpc) is 2.86. The van der Waals surface area contributed by atoms with Crippen molar-refractivity contribution in [2.45, 2.75) is 18.3 Å². The van der Waals surface area contributed by atoms with E-state index in [-0.39, 0.29) is 25.5 Å². The molecule has 0 bridgehead atoms. The zero-order valence-electron chi connectivity index (χ0n) is 19.0. The van der Waals surface area contributed by atoms with E-state index < -0.39 is 7.92 Å². The number of benzene rings is 4. The van der Waals surface area contributed by atoms with Gasteiger partial charge in [0.05, 0.1) is 0 Å². The van der Waals surface area contributed by atoms with Gasteiger partial charge in [-0.3, -0.25) is 0 Å². The Labute approximate surface area is 217 Å². The topological polar surface area (TPSA) is 9.23 Å². The van der Waals surface area contributed by atoms with Crippen LogP contribution in [-0.2, 0) is 25.5 Å². The van der Waals surface area contributed by atoms with Gasteiger partial charge in [0.1, 0.15) is 11.5 Å². The summed E-state index contributed by atoms with van der Waals surface area (Å²) in [6.45, 7) is 8.30. The zero-order chi connectivity index (χ0) is 22.7. The molecule has 0 saturated carbocycles. The molecule has 1 radical (unpaired) electrons. The second-order valence-corrected chi connectivity index (χ2v) is 10.5. The van der Waals surface area contributed by atoms with Gasteiger partial charge in [0.15, 0.2) is 0 Å². The molecule has 34 heavy (non-hydrogen) atoms. The number of hydrogen-bond acceptors (Lipinski definition) is 1. The summed E-state index contributed by atoms with van der Waals surface area (Å²) in [5.74, 6) is 1.86. The molecule has 0 spiro atoms. The molecule has 0 fully saturated rings. The number of allylic oxidation sites excluding steroid dienone is 2. The summed E-state index contributed by atoms with van der Waals surface area (Å²) < 4.78 is 6.53. The molecule has 0 aromatic heterocycles. The SMILES string of the molecule is C=CCC1(CC=C)c2ccccc2Oc2cccc(P(c3ccccc3)c3ccccc3)c21.[Ir]. The van der Waals surface area contributed by atoms with Gasteiger partial charge in [-0.05, 0) is 48.8 Å². The Morgan fingerprint density at radius 1 is 0.647 bits per heavy atom. The molecule has 4 aromatic carbocycles. The second-order valence-electron chi connectivity index (χ2n) is 8.32. The van der Waals surface area contributed by atoms with Crippen LogP contribution in [0.4, 0.5) is 0 Å². The maximum absolute atomic E-state index is 6.53. The normalized spacial score (nSPS) is 13.1. The molecule has 0 N–H and O–H groups in total. The smallest absolute Gasteiger partial charge is 0.132 e. The first kappa shape index (κ1) is 24.4. The number of rotatable bonds is 7. The summed E-state index contributed by atoms with van der Waals surface area (Å²) in [4.78, 5) is 0. The van der Waals surface area contributed by atoms with Crippen molar-refractivity contribution in [2.75, 3.05) is 0 Å². The maximum atomic E-state index is 6.53. The van der Waals surface area contributed by atoms with Gasteiger partial charge in [-0.15, -0.1) is 13.2 Å². The first-order valence-corrected chi connectivity index (χ1v) is 12.7. The van der Waals surface area contributed by atoms with E-state index in [2.05, 4.69) is 110 Å². The Kier molecular flexibility index (Phi) is 7.64. The third-order valence-electron chi connectivity index (χ3n) is 6.36. The fourth-order valence-electron chi connectivity index (χ4n) is 5.06. The zero-order valence-corrected chi connectivity index (χ0v) is 22.3. The molecule has 5 rings (SSSR count). The van der Waals surface area contributed by atoms with Crippen molar-refractivity contribution in [3.05, 3.63) is 140 Å². The van der Waals surface area contributed by atoms with Gasteiger partial charge < -0.3 is 4.74 Å². The summed E-state index contributed by atoms with van der Waals surface area (Å²) in [7, 11) is -0.778. The summed E-state index contributed by atoms with van der Waals surface area (Å²) in [5, 5.41) is 3.99. The van der Waals surface area contributed by atoms with Crippen molar-refractivity contribution in [2.24, 2.45) is 0 Å². The van der Waals surface area contributed by atoms with Gasteiger partial charge in [-0.25, -0.2) is 0 Å². The Bertz CT molecular complexity index is 1230. The molecule has 1 aliphatic rings. The molecular weight excluding hydrogens is 612 g/mol. The van der Waals surface area contributed by atoms with Crippen LogP contribution in [0.2, 0.25) is 0 Å². The molecule has 171 valence electrons. The van der Waals surface area contributed by atoms with Gasteiger partial charge in [-0.1, -0.05) is 103 Å². The van der Waals surface area contributed by atoms with E-state index in [0.717, 1.165) is 24.3 Å². The number of fused-ring (bicyclic) bond motifs is 2. The summed E-state index contributed by atoms with van der Waals surface area (Å²) in [6, 6.07) is 36.7. The van der Waals surface area contributed by atoms with Crippen LogP contribution in [0, 0.1) is 0 Å². The minimum atomic E-state index is -0.778. The van der Waals surface area contributed by atoms with E-state index >= 15 is 0 Å². The van der Waals surface area contributed by atoms with Crippen molar-refractivity contribution < 1.29 is 24.8 Å². The quantitative estimate of drug-likeness (QED) is 0.157. The van der Waals surface area contributed by atoms with Crippen LogP contribution in [0.3, 0.4) is 0 Å². The van der Waals surface area contributed by atoms with Crippen molar-refractivity contribution in [3.63, 3.8) is 0 Å². The van der Waals surface area contributed by atoms with E-state index in [9.17, 15) is 0 Å². The largest absolute Gasteiger partial charge is 0.457 e. The van der Waals surface area contributed by atoms with Crippen molar-refractivity contribution in [1.29, 1.82) is 0 Å². The molecule has 0 unspecified atom stereocenters. The van der Waals surface area contributed by atoms with E-state index in [1.54, 1.807) is 0 Å². The molecule has 1 heterocycles. The van der Waals surface area contributed by atoms with Gasteiger partial charge in [0, 0.05) is 36.6 Å². The monoisotopic (exact) mass is 639 g/mol. The van der Waals surface area contributed by atoms with Crippen LogP contribution in [0.15, 0.2) is 128 Å². The molecule has 1 aliphatic heterocycles. The van der Waals surface area contributed by atoms with Gasteiger partial charge >= 0.3 is 0 Å². The van der Waals surface area contributed by atoms with Gasteiger partial charge in [0.25, 0.3) is 0 Å². The fourth-order valence-corrected chi connectivity index (χ4v) is 7.64. The minimum absolute atomic E-state index is 0. The molecule has 0 atom stereocenters. The number of para-hydroxylation sites is 1. The minimum Gasteiger partial charge on any atom is -0.457 e. The number of ether oxygens (including phenoxy) is 1. The van der Waals surface area contributed by atoms with Crippen LogP contribution in [-0.4, -0.2) is 0 Å². The molecule has 0 aliphatic carbocycles. The molecule has 4 aromatic rings. The van der Waals surface area contributed by atoms with E-state index in [1.165, 1.54) is 27.0 Å². The second kappa shape index (κ2) is 10.7. The molecule has 0 amide bonds. The standard InChI is InChI=1S/C31H27OP.Ir/c1-3-22-31(23-4-2)26-18-11-12-19-27(26)32-28-20-13-21-29(30(28)31)33(24-14-7-5-8-15-24)25-16-9-6-10-17-25;/h3-21H,1-2,22-23H2;. The van der Waals surface area contributed by atoms with Crippen LogP contribution < -0.4 is 20.7 Å². The van der Waals surface area contributed by atoms with E-state index in [0.29, 0.717) is 0 Å². The Balaban J connectivity index is 0.00000274. The summed E-state index contributed by atoms with van der Waals surface area (Å²) >= 11 is 0. The van der Waals surface area contributed by atoms with Crippen LogP contribution in [0.25, 0.3) is 0 Å². The van der Waals surface area contributed by atoms with Crippen molar-refractivity contribution in [1.82, 2.24) is 0 Å². The Morgan fingerprint density at radius 3 is 1.76 bits per heavy atom. The molecule has 0 saturated heterocycles. The average molecular weight is 639 g/mol. The maximum Gasteiger partial charge on any atom is 0.132 e. The van der Waals surface area contributed by atoms with Crippen molar-refractivity contribution >= 4 is 23.8 Å². The van der Waals surface area contributed by atoms with Gasteiger partial charge in [-0.2, -0.15) is 0 Å². The molecular formula is C31H27IrOP.